The summed E-state index contributed by atoms with van der Waals surface area (Å²) in [5.74, 6) is 1.58. The zero-order chi connectivity index (χ0) is 20.3. The topological polar surface area (TPSA) is 70.9 Å². The second kappa shape index (κ2) is 8.37. The lowest BCUT2D eigenvalue weighted by Crippen LogP contribution is -1.99. The minimum atomic E-state index is 0.411. The lowest BCUT2D eigenvalue weighted by atomic mass is 10.1. The van der Waals surface area contributed by atoms with E-state index in [2.05, 4.69) is 16.0 Å². The molecule has 0 aliphatic carbocycles. The number of hydrogen-bond acceptors (Lipinski definition) is 4. The van der Waals surface area contributed by atoms with Crippen LogP contribution in [0.25, 0.3) is 22.7 Å². The summed E-state index contributed by atoms with van der Waals surface area (Å²) in [4.78, 5) is 7.81. The molecule has 0 bridgehead atoms. The number of allylic oxidation sites excluding steroid dienone is 1. The maximum absolute atomic E-state index is 9.69. The Morgan fingerprint density at radius 3 is 2.54 bits per heavy atom. The molecule has 2 aromatic carbocycles. The molecule has 1 N–H and O–H groups in total. The highest BCUT2D eigenvalue weighted by molar-refractivity contribution is 6.32. The molecule has 0 spiro atoms. The van der Waals surface area contributed by atoms with Crippen LogP contribution < -0.4 is 9.47 Å². The molecule has 0 unspecified atom stereocenters. The van der Waals surface area contributed by atoms with Gasteiger partial charge in [0.25, 0.3) is 0 Å². The summed E-state index contributed by atoms with van der Waals surface area (Å²) in [6, 6.07) is 9.84. The van der Waals surface area contributed by atoms with Crippen molar-refractivity contribution in [2.75, 3.05) is 13.2 Å². The molecule has 144 valence electrons. The second-order valence-electron chi connectivity index (χ2n) is 6.40. The van der Waals surface area contributed by atoms with Crippen LogP contribution in [0.3, 0.4) is 0 Å². The number of halogens is 1. The van der Waals surface area contributed by atoms with Crippen molar-refractivity contribution >= 4 is 34.3 Å². The average Bonchev–Trinajstić information content (AvgIpc) is 3.05. The number of aryl methyl sites for hydroxylation is 2. The molecule has 3 rings (SSSR count). The van der Waals surface area contributed by atoms with Gasteiger partial charge in [-0.25, -0.2) is 4.98 Å². The van der Waals surface area contributed by atoms with Crippen LogP contribution in [0.1, 0.15) is 36.4 Å². The third-order valence-electron chi connectivity index (χ3n) is 4.40. The summed E-state index contributed by atoms with van der Waals surface area (Å²) >= 11 is 6.38. The van der Waals surface area contributed by atoms with E-state index in [0.717, 1.165) is 22.2 Å². The fourth-order valence-corrected chi connectivity index (χ4v) is 3.21. The Morgan fingerprint density at radius 2 is 1.86 bits per heavy atom. The van der Waals surface area contributed by atoms with Crippen molar-refractivity contribution in [1.82, 2.24) is 9.97 Å². The van der Waals surface area contributed by atoms with Crippen molar-refractivity contribution in [2.24, 2.45) is 0 Å². The number of benzene rings is 2. The van der Waals surface area contributed by atoms with Crippen LogP contribution in [-0.4, -0.2) is 23.2 Å². The lowest BCUT2D eigenvalue weighted by Gasteiger charge is -2.13. The van der Waals surface area contributed by atoms with Gasteiger partial charge >= 0.3 is 0 Å². The number of aromatic amines is 1. The standard InChI is InChI=1S/C22H22ClN3O2/c1-5-27-20-11-15(10-17(23)21(20)28-6-2)9-16(12-24)22-25-18-7-13(3)14(4)8-19(18)26-22/h7-11H,5-6H2,1-4H3,(H,25,26). The van der Waals surface area contributed by atoms with Gasteiger partial charge in [0.2, 0.25) is 0 Å². The van der Waals surface area contributed by atoms with E-state index in [0.29, 0.717) is 41.1 Å². The van der Waals surface area contributed by atoms with Crippen LogP contribution in [0, 0.1) is 25.2 Å². The molecule has 6 heteroatoms. The number of ether oxygens (including phenoxy) is 2. The van der Waals surface area contributed by atoms with Crippen molar-refractivity contribution in [3.8, 4) is 17.6 Å². The number of nitrogens with one attached hydrogen (secondary N) is 1. The summed E-state index contributed by atoms with van der Waals surface area (Å²) < 4.78 is 11.3. The average molecular weight is 396 g/mol. The normalized spacial score (nSPS) is 11.5. The molecular weight excluding hydrogens is 374 g/mol. The predicted molar refractivity (Wildman–Crippen MR) is 113 cm³/mol. The van der Waals surface area contributed by atoms with E-state index in [1.54, 1.807) is 12.1 Å². The molecule has 0 radical (unpaired) electrons. The van der Waals surface area contributed by atoms with E-state index >= 15 is 0 Å². The number of nitriles is 1. The molecular formula is C22H22ClN3O2. The lowest BCUT2D eigenvalue weighted by molar-refractivity contribution is 0.288. The Balaban J connectivity index is 2.06. The molecule has 1 aromatic heterocycles. The minimum absolute atomic E-state index is 0.411. The van der Waals surface area contributed by atoms with E-state index in [-0.39, 0.29) is 0 Å². The Morgan fingerprint density at radius 1 is 1.14 bits per heavy atom. The summed E-state index contributed by atoms with van der Waals surface area (Å²) in [6.45, 7) is 8.84. The molecule has 0 aliphatic rings. The SMILES string of the molecule is CCOc1cc(C=C(C#N)c2nc3cc(C)c(C)cc3[nH]2)cc(Cl)c1OCC. The van der Waals surface area contributed by atoms with Gasteiger partial charge in [0, 0.05) is 0 Å². The number of hydrogen-bond donors (Lipinski definition) is 1. The monoisotopic (exact) mass is 395 g/mol. The van der Waals surface area contributed by atoms with Gasteiger partial charge < -0.3 is 14.5 Å². The van der Waals surface area contributed by atoms with E-state index in [9.17, 15) is 5.26 Å². The number of aromatic nitrogens is 2. The van der Waals surface area contributed by atoms with Crippen LogP contribution in [0.5, 0.6) is 11.5 Å². The molecule has 1 heterocycles. The Hall–Kier alpha value is -2.97. The Labute approximate surface area is 169 Å². The van der Waals surface area contributed by atoms with Gasteiger partial charge in [-0.05, 0) is 74.7 Å². The first-order chi connectivity index (χ1) is 13.5. The maximum Gasteiger partial charge on any atom is 0.179 e. The van der Waals surface area contributed by atoms with Gasteiger partial charge in [-0.15, -0.1) is 0 Å². The first-order valence-electron chi connectivity index (χ1n) is 9.15. The van der Waals surface area contributed by atoms with Gasteiger partial charge in [-0.2, -0.15) is 5.26 Å². The van der Waals surface area contributed by atoms with Gasteiger partial charge in [-0.3, -0.25) is 0 Å². The first-order valence-corrected chi connectivity index (χ1v) is 9.52. The zero-order valence-corrected chi connectivity index (χ0v) is 17.1. The van der Waals surface area contributed by atoms with Gasteiger partial charge in [0.05, 0.1) is 34.8 Å². The summed E-state index contributed by atoms with van der Waals surface area (Å²) in [5.41, 5.74) is 5.21. The van der Waals surface area contributed by atoms with Crippen LogP contribution in [0.4, 0.5) is 0 Å². The molecule has 3 aromatic rings. The molecule has 0 saturated heterocycles. The molecule has 0 aliphatic heterocycles. The van der Waals surface area contributed by atoms with Crippen molar-refractivity contribution < 1.29 is 9.47 Å². The molecule has 5 nitrogen and oxygen atoms in total. The van der Waals surface area contributed by atoms with Gasteiger partial charge in [-0.1, -0.05) is 11.6 Å². The van der Waals surface area contributed by atoms with E-state index in [4.69, 9.17) is 21.1 Å². The molecule has 0 atom stereocenters. The predicted octanol–water partition coefficient (Wildman–Crippen LogP) is 5.69. The highest BCUT2D eigenvalue weighted by Gasteiger charge is 2.14. The summed E-state index contributed by atoms with van der Waals surface area (Å²) in [7, 11) is 0. The van der Waals surface area contributed by atoms with E-state index < -0.39 is 0 Å². The van der Waals surface area contributed by atoms with Crippen molar-refractivity contribution in [3.05, 3.63) is 51.8 Å². The highest BCUT2D eigenvalue weighted by Crippen LogP contribution is 2.37. The zero-order valence-electron chi connectivity index (χ0n) is 16.4. The minimum Gasteiger partial charge on any atom is -0.490 e. The highest BCUT2D eigenvalue weighted by atomic mass is 35.5. The van der Waals surface area contributed by atoms with Crippen LogP contribution in [0.2, 0.25) is 5.02 Å². The largest absolute Gasteiger partial charge is 0.490 e. The van der Waals surface area contributed by atoms with Crippen LogP contribution in [0.15, 0.2) is 24.3 Å². The third kappa shape index (κ3) is 3.97. The summed E-state index contributed by atoms with van der Waals surface area (Å²) in [5, 5.41) is 10.1. The molecule has 0 fully saturated rings. The van der Waals surface area contributed by atoms with Crippen molar-refractivity contribution in [2.45, 2.75) is 27.7 Å². The van der Waals surface area contributed by atoms with E-state index in [1.807, 2.05) is 45.9 Å². The van der Waals surface area contributed by atoms with Crippen LogP contribution >= 0.6 is 11.6 Å². The van der Waals surface area contributed by atoms with Crippen molar-refractivity contribution in [3.63, 3.8) is 0 Å². The van der Waals surface area contributed by atoms with Gasteiger partial charge in [0.15, 0.2) is 11.5 Å². The Bertz CT molecular complexity index is 1050. The smallest absolute Gasteiger partial charge is 0.179 e. The molecule has 0 saturated carbocycles. The third-order valence-corrected chi connectivity index (χ3v) is 4.69. The first kappa shape index (κ1) is 19.8. The second-order valence-corrected chi connectivity index (χ2v) is 6.81. The molecule has 0 amide bonds. The number of fused-ring (bicyclic) bond motifs is 1. The van der Waals surface area contributed by atoms with E-state index in [1.165, 1.54) is 5.56 Å². The number of H-pyrrole nitrogens is 1. The van der Waals surface area contributed by atoms with Crippen molar-refractivity contribution in [1.29, 1.82) is 5.26 Å². The van der Waals surface area contributed by atoms with Crippen LogP contribution in [-0.2, 0) is 0 Å². The summed E-state index contributed by atoms with van der Waals surface area (Å²) in [6.07, 6.45) is 1.74. The fourth-order valence-electron chi connectivity index (χ4n) is 2.94. The fraction of sp³-hybridized carbons (Fsp3) is 0.273. The number of nitrogens with zero attached hydrogens (tertiary/aromatic N) is 2. The van der Waals surface area contributed by atoms with Gasteiger partial charge in [0.1, 0.15) is 11.9 Å². The quantitative estimate of drug-likeness (QED) is 0.544. The number of imidazole rings is 1. The maximum atomic E-state index is 9.69. The Kier molecular flexibility index (Phi) is 5.91. The number of rotatable bonds is 6. The molecule has 28 heavy (non-hydrogen) atoms.